The summed E-state index contributed by atoms with van der Waals surface area (Å²) in [5, 5.41) is 3.42. The Hall–Kier alpha value is -2.16. The van der Waals surface area contributed by atoms with E-state index < -0.39 is 0 Å². The van der Waals surface area contributed by atoms with Crippen molar-refractivity contribution in [1.29, 1.82) is 0 Å². The second kappa shape index (κ2) is 12.3. The Bertz CT molecular complexity index is 679. The molecule has 2 aromatic rings. The maximum Gasteiger partial charge on any atom is 0.123 e. The van der Waals surface area contributed by atoms with Crippen LogP contribution in [-0.4, -0.2) is 19.8 Å². The molecule has 0 aromatic heterocycles. The van der Waals surface area contributed by atoms with Crippen molar-refractivity contribution < 1.29 is 9.47 Å². The van der Waals surface area contributed by atoms with Crippen LogP contribution in [0.25, 0.3) is 0 Å². The van der Waals surface area contributed by atoms with Crippen molar-refractivity contribution in [3.63, 3.8) is 0 Å². The van der Waals surface area contributed by atoms with Crippen molar-refractivity contribution >= 4 is 5.69 Å². The Labute approximate surface area is 171 Å². The minimum Gasteiger partial charge on any atom is -0.494 e. The van der Waals surface area contributed by atoms with Crippen molar-refractivity contribution in [3.8, 4) is 11.5 Å². The molecule has 0 aliphatic heterocycles. The summed E-state index contributed by atoms with van der Waals surface area (Å²) in [4.78, 5) is 0. The summed E-state index contributed by atoms with van der Waals surface area (Å²) in [5.41, 5.74) is 3.59. The lowest BCUT2D eigenvalue weighted by Gasteiger charge is -2.15. The molecule has 2 aromatic carbocycles. The number of ether oxygens (including phenoxy) is 2. The van der Waals surface area contributed by atoms with Gasteiger partial charge in [-0.25, -0.2) is 0 Å². The lowest BCUT2D eigenvalue weighted by atomic mass is 10.0. The topological polar surface area (TPSA) is 30.5 Å². The Morgan fingerprint density at radius 2 is 1.61 bits per heavy atom. The van der Waals surface area contributed by atoms with Gasteiger partial charge in [0.25, 0.3) is 0 Å². The smallest absolute Gasteiger partial charge is 0.123 e. The normalized spacial score (nSPS) is 10.9. The SMILES string of the molecule is CCCCCCCOc1ccc(NCCOc2cc(C)ccc2C(C)C)cc1. The van der Waals surface area contributed by atoms with E-state index in [4.69, 9.17) is 9.47 Å². The summed E-state index contributed by atoms with van der Waals surface area (Å²) in [6.07, 6.45) is 6.31. The maximum absolute atomic E-state index is 6.03. The van der Waals surface area contributed by atoms with Gasteiger partial charge in [-0.2, -0.15) is 0 Å². The van der Waals surface area contributed by atoms with E-state index in [1.165, 1.54) is 36.8 Å². The van der Waals surface area contributed by atoms with Crippen LogP contribution in [0.15, 0.2) is 42.5 Å². The molecule has 0 bridgehead atoms. The van der Waals surface area contributed by atoms with Crippen molar-refractivity contribution in [2.75, 3.05) is 25.1 Å². The minimum atomic E-state index is 0.461. The molecule has 0 saturated heterocycles. The molecule has 28 heavy (non-hydrogen) atoms. The molecular formula is C25H37NO2. The van der Waals surface area contributed by atoms with Gasteiger partial charge in [0.15, 0.2) is 0 Å². The summed E-state index contributed by atoms with van der Waals surface area (Å²) in [6.45, 7) is 10.9. The van der Waals surface area contributed by atoms with Gasteiger partial charge in [-0.3, -0.25) is 0 Å². The van der Waals surface area contributed by atoms with Gasteiger partial charge >= 0.3 is 0 Å². The number of hydrogen-bond acceptors (Lipinski definition) is 3. The van der Waals surface area contributed by atoms with Crippen molar-refractivity contribution in [2.24, 2.45) is 0 Å². The zero-order valence-electron chi connectivity index (χ0n) is 18.1. The zero-order chi connectivity index (χ0) is 20.2. The first-order chi connectivity index (χ1) is 13.6. The van der Waals surface area contributed by atoms with E-state index in [0.717, 1.165) is 36.8 Å². The van der Waals surface area contributed by atoms with Gasteiger partial charge < -0.3 is 14.8 Å². The van der Waals surface area contributed by atoms with Gasteiger partial charge in [0.2, 0.25) is 0 Å². The van der Waals surface area contributed by atoms with Crippen LogP contribution in [0.4, 0.5) is 5.69 Å². The molecule has 0 saturated carbocycles. The van der Waals surface area contributed by atoms with Gasteiger partial charge in [0.1, 0.15) is 18.1 Å². The molecule has 0 aliphatic carbocycles. The molecule has 3 nitrogen and oxygen atoms in total. The Morgan fingerprint density at radius 3 is 2.32 bits per heavy atom. The van der Waals surface area contributed by atoms with Crippen LogP contribution in [0.5, 0.6) is 11.5 Å². The summed E-state index contributed by atoms with van der Waals surface area (Å²) in [6, 6.07) is 14.7. The predicted molar refractivity (Wildman–Crippen MR) is 120 cm³/mol. The molecule has 2 rings (SSSR count). The van der Waals surface area contributed by atoms with Crippen LogP contribution < -0.4 is 14.8 Å². The fraction of sp³-hybridized carbons (Fsp3) is 0.520. The fourth-order valence-electron chi connectivity index (χ4n) is 3.16. The molecule has 0 amide bonds. The summed E-state index contributed by atoms with van der Waals surface area (Å²) in [5.74, 6) is 2.40. The lowest BCUT2D eigenvalue weighted by molar-refractivity contribution is 0.304. The number of aryl methyl sites for hydroxylation is 1. The van der Waals surface area contributed by atoms with E-state index in [0.29, 0.717) is 12.5 Å². The quantitative estimate of drug-likeness (QED) is 0.379. The number of unbranched alkanes of at least 4 members (excludes halogenated alkanes) is 4. The van der Waals surface area contributed by atoms with Crippen LogP contribution >= 0.6 is 0 Å². The maximum atomic E-state index is 6.03. The van der Waals surface area contributed by atoms with E-state index in [1.807, 2.05) is 12.1 Å². The molecule has 0 spiro atoms. The third kappa shape index (κ3) is 7.84. The highest BCUT2D eigenvalue weighted by atomic mass is 16.5. The van der Waals surface area contributed by atoms with Crippen LogP contribution in [0.1, 0.15) is 69.9 Å². The first kappa shape index (κ1) is 22.1. The third-order valence-electron chi connectivity index (χ3n) is 4.85. The molecule has 0 atom stereocenters. The Balaban J connectivity index is 1.69. The average Bonchev–Trinajstić information content (AvgIpc) is 2.69. The van der Waals surface area contributed by atoms with Crippen LogP contribution in [-0.2, 0) is 0 Å². The third-order valence-corrected chi connectivity index (χ3v) is 4.85. The highest BCUT2D eigenvalue weighted by Crippen LogP contribution is 2.27. The molecule has 154 valence electrons. The Morgan fingerprint density at radius 1 is 0.857 bits per heavy atom. The molecule has 0 unspecified atom stereocenters. The molecule has 1 N–H and O–H groups in total. The largest absolute Gasteiger partial charge is 0.494 e. The molecule has 0 aliphatic rings. The number of nitrogens with one attached hydrogen (secondary N) is 1. The van der Waals surface area contributed by atoms with Crippen LogP contribution in [0.2, 0.25) is 0 Å². The fourth-order valence-corrected chi connectivity index (χ4v) is 3.16. The van der Waals surface area contributed by atoms with E-state index >= 15 is 0 Å². The van der Waals surface area contributed by atoms with Crippen LogP contribution in [0.3, 0.4) is 0 Å². The molecule has 0 fully saturated rings. The zero-order valence-corrected chi connectivity index (χ0v) is 18.1. The average molecular weight is 384 g/mol. The lowest BCUT2D eigenvalue weighted by Crippen LogP contribution is -2.12. The summed E-state index contributed by atoms with van der Waals surface area (Å²) < 4.78 is 11.8. The first-order valence-electron chi connectivity index (χ1n) is 10.8. The van der Waals surface area contributed by atoms with E-state index in [1.54, 1.807) is 0 Å². The minimum absolute atomic E-state index is 0.461. The molecular weight excluding hydrogens is 346 g/mol. The molecule has 0 heterocycles. The summed E-state index contributed by atoms with van der Waals surface area (Å²) >= 11 is 0. The van der Waals surface area contributed by atoms with Crippen molar-refractivity contribution in [3.05, 3.63) is 53.6 Å². The number of hydrogen-bond donors (Lipinski definition) is 1. The number of benzene rings is 2. The molecule has 0 radical (unpaired) electrons. The highest BCUT2D eigenvalue weighted by molar-refractivity contribution is 5.46. The number of rotatable bonds is 13. The van der Waals surface area contributed by atoms with Crippen LogP contribution in [0, 0.1) is 6.92 Å². The second-order valence-electron chi connectivity index (χ2n) is 7.76. The van der Waals surface area contributed by atoms with Gasteiger partial charge in [0, 0.05) is 12.2 Å². The standard InChI is InChI=1S/C25H37NO2/c1-5-6-7-8-9-17-27-23-13-11-22(12-14-23)26-16-18-28-25-19-21(4)10-15-24(25)20(2)3/h10-15,19-20,26H,5-9,16-18H2,1-4H3. The van der Waals surface area contributed by atoms with Gasteiger partial charge in [-0.15, -0.1) is 0 Å². The van der Waals surface area contributed by atoms with E-state index in [-0.39, 0.29) is 0 Å². The summed E-state index contributed by atoms with van der Waals surface area (Å²) in [7, 11) is 0. The highest BCUT2D eigenvalue weighted by Gasteiger charge is 2.07. The van der Waals surface area contributed by atoms with E-state index in [9.17, 15) is 0 Å². The Kier molecular flexibility index (Phi) is 9.74. The van der Waals surface area contributed by atoms with Gasteiger partial charge in [-0.05, 0) is 60.7 Å². The van der Waals surface area contributed by atoms with Gasteiger partial charge in [0.05, 0.1) is 6.61 Å². The van der Waals surface area contributed by atoms with Crippen molar-refractivity contribution in [2.45, 2.75) is 65.7 Å². The first-order valence-corrected chi connectivity index (χ1v) is 10.8. The predicted octanol–water partition coefficient (Wildman–Crippen LogP) is 6.96. The second-order valence-corrected chi connectivity index (χ2v) is 7.76. The molecule has 3 heteroatoms. The number of anilines is 1. The monoisotopic (exact) mass is 383 g/mol. The van der Waals surface area contributed by atoms with Gasteiger partial charge in [-0.1, -0.05) is 58.6 Å². The van der Waals surface area contributed by atoms with E-state index in [2.05, 4.69) is 63.3 Å². The van der Waals surface area contributed by atoms with Crippen molar-refractivity contribution in [1.82, 2.24) is 0 Å².